The normalized spacial score (nSPS) is 12.1. The van der Waals surface area contributed by atoms with E-state index in [4.69, 9.17) is 28.9 Å². The van der Waals surface area contributed by atoms with E-state index in [0.29, 0.717) is 21.3 Å². The Morgan fingerprint density at radius 1 is 1.04 bits per heavy atom. The van der Waals surface area contributed by atoms with Crippen LogP contribution in [0.25, 0.3) is 0 Å². The molecule has 0 saturated heterocycles. The Balaban J connectivity index is 2.10. The molecule has 3 N–H and O–H groups in total. The van der Waals surface area contributed by atoms with Crippen LogP contribution in [0, 0.1) is 0 Å². The zero-order chi connectivity index (χ0) is 17.9. The van der Waals surface area contributed by atoms with Crippen molar-refractivity contribution in [2.24, 2.45) is 10.7 Å². The molecule has 0 radical (unpaired) electrons. The Morgan fingerprint density at radius 3 is 2.21 bits per heavy atom. The molecule has 0 heterocycles. The lowest BCUT2D eigenvalue weighted by Gasteiger charge is -2.18. The highest BCUT2D eigenvalue weighted by molar-refractivity contribution is 6.42. The van der Waals surface area contributed by atoms with Crippen LogP contribution in [0.15, 0.2) is 47.5 Å². The van der Waals surface area contributed by atoms with Gasteiger partial charge in [-0.1, -0.05) is 56.1 Å². The lowest BCUT2D eigenvalue weighted by atomic mass is 9.87. The minimum Gasteiger partial charge on any atom is -0.369 e. The average Bonchev–Trinajstić information content (AvgIpc) is 2.49. The van der Waals surface area contributed by atoms with Crippen LogP contribution in [0.3, 0.4) is 0 Å². The van der Waals surface area contributed by atoms with Gasteiger partial charge in [0, 0.05) is 5.56 Å². The van der Waals surface area contributed by atoms with Gasteiger partial charge in [0.2, 0.25) is 5.96 Å². The number of halogens is 2. The minimum atomic E-state index is -0.402. The molecule has 0 saturated carbocycles. The van der Waals surface area contributed by atoms with E-state index >= 15 is 0 Å². The quantitative estimate of drug-likeness (QED) is 0.601. The van der Waals surface area contributed by atoms with Gasteiger partial charge in [0.05, 0.1) is 15.7 Å². The predicted octanol–water partition coefficient (Wildman–Crippen LogP) is 4.67. The van der Waals surface area contributed by atoms with Crippen LogP contribution in [0.2, 0.25) is 10.0 Å². The lowest BCUT2D eigenvalue weighted by Crippen LogP contribution is -2.36. The maximum absolute atomic E-state index is 12.1. The molecule has 4 nitrogen and oxygen atoms in total. The molecule has 0 aliphatic rings. The van der Waals surface area contributed by atoms with Crippen LogP contribution in [0.5, 0.6) is 0 Å². The van der Waals surface area contributed by atoms with Gasteiger partial charge in [-0.25, -0.2) is 4.99 Å². The van der Waals surface area contributed by atoms with Crippen molar-refractivity contribution in [2.45, 2.75) is 26.2 Å². The first-order chi connectivity index (χ1) is 11.2. The van der Waals surface area contributed by atoms with Crippen LogP contribution < -0.4 is 11.1 Å². The van der Waals surface area contributed by atoms with Crippen LogP contribution >= 0.6 is 23.2 Å². The number of rotatable bonds is 2. The van der Waals surface area contributed by atoms with Gasteiger partial charge in [0.1, 0.15) is 0 Å². The topological polar surface area (TPSA) is 67.5 Å². The van der Waals surface area contributed by atoms with Gasteiger partial charge >= 0.3 is 0 Å². The van der Waals surface area contributed by atoms with Crippen LogP contribution in [0.4, 0.5) is 5.69 Å². The Labute approximate surface area is 151 Å². The minimum absolute atomic E-state index is 0.00887. The van der Waals surface area contributed by atoms with Crippen molar-refractivity contribution in [3.8, 4) is 0 Å². The summed E-state index contributed by atoms with van der Waals surface area (Å²) in [6.07, 6.45) is 0. The first-order valence-corrected chi connectivity index (χ1v) is 8.13. The summed E-state index contributed by atoms with van der Waals surface area (Å²) in [6, 6.07) is 12.3. The van der Waals surface area contributed by atoms with Gasteiger partial charge in [0.15, 0.2) is 0 Å². The summed E-state index contributed by atoms with van der Waals surface area (Å²) < 4.78 is 0. The van der Waals surface area contributed by atoms with Gasteiger partial charge < -0.3 is 5.73 Å². The number of carbonyl (C=O) groups excluding carboxylic acids is 1. The SMILES string of the molecule is CC(C)(C)c1ccc(N=C(N)NC(=O)c2ccc(Cl)c(Cl)c2)cc1. The van der Waals surface area contributed by atoms with Crippen molar-refractivity contribution in [3.05, 3.63) is 63.6 Å². The second kappa shape index (κ2) is 7.24. The smallest absolute Gasteiger partial charge is 0.258 e. The third-order valence-corrected chi connectivity index (χ3v) is 4.15. The van der Waals surface area contributed by atoms with E-state index in [1.807, 2.05) is 24.3 Å². The third-order valence-electron chi connectivity index (χ3n) is 3.41. The van der Waals surface area contributed by atoms with E-state index in [2.05, 4.69) is 31.1 Å². The molecule has 0 atom stereocenters. The van der Waals surface area contributed by atoms with E-state index < -0.39 is 5.91 Å². The molecule has 24 heavy (non-hydrogen) atoms. The average molecular weight is 364 g/mol. The Morgan fingerprint density at radius 2 is 1.67 bits per heavy atom. The van der Waals surface area contributed by atoms with Crippen LogP contribution in [-0.4, -0.2) is 11.9 Å². The van der Waals surface area contributed by atoms with E-state index in [-0.39, 0.29) is 11.4 Å². The molecule has 1 amide bonds. The number of nitrogens with one attached hydrogen (secondary N) is 1. The number of hydrogen-bond donors (Lipinski definition) is 2. The zero-order valence-corrected chi connectivity index (χ0v) is 15.2. The molecule has 0 fully saturated rings. The van der Waals surface area contributed by atoms with Gasteiger partial charge in [-0.05, 0) is 41.3 Å². The Kier molecular flexibility index (Phi) is 5.52. The molecule has 0 aliphatic carbocycles. The molecule has 0 aliphatic heterocycles. The van der Waals surface area contributed by atoms with E-state index in [1.54, 1.807) is 12.1 Å². The lowest BCUT2D eigenvalue weighted by molar-refractivity contribution is 0.0976. The second-order valence-corrected chi connectivity index (χ2v) is 7.19. The molecular weight excluding hydrogens is 345 g/mol. The molecule has 2 rings (SSSR count). The van der Waals surface area contributed by atoms with Crippen molar-refractivity contribution < 1.29 is 4.79 Å². The first-order valence-electron chi connectivity index (χ1n) is 7.38. The predicted molar refractivity (Wildman–Crippen MR) is 100 cm³/mol. The molecule has 0 unspecified atom stereocenters. The van der Waals surface area contributed by atoms with Crippen molar-refractivity contribution in [1.82, 2.24) is 5.32 Å². The fourth-order valence-electron chi connectivity index (χ4n) is 2.03. The summed E-state index contributed by atoms with van der Waals surface area (Å²) in [6.45, 7) is 6.41. The van der Waals surface area contributed by atoms with Crippen molar-refractivity contribution in [3.63, 3.8) is 0 Å². The molecule has 2 aromatic rings. The number of hydrogen-bond acceptors (Lipinski definition) is 2. The highest BCUT2D eigenvalue weighted by Gasteiger charge is 2.13. The van der Waals surface area contributed by atoms with E-state index in [1.165, 1.54) is 11.6 Å². The highest BCUT2D eigenvalue weighted by Crippen LogP contribution is 2.24. The standard InChI is InChI=1S/C18H19Cl2N3O/c1-18(2,3)12-5-7-13(8-6-12)22-17(21)23-16(24)11-4-9-14(19)15(20)10-11/h4-10H,1-3H3,(H3,21,22,23,24). The number of benzene rings is 2. The van der Waals surface area contributed by atoms with Gasteiger partial charge in [-0.3, -0.25) is 10.1 Å². The molecule has 0 bridgehead atoms. The van der Waals surface area contributed by atoms with E-state index in [0.717, 1.165) is 0 Å². The van der Waals surface area contributed by atoms with Gasteiger partial charge in [-0.15, -0.1) is 0 Å². The maximum atomic E-state index is 12.1. The summed E-state index contributed by atoms with van der Waals surface area (Å²) in [5, 5.41) is 3.21. The third kappa shape index (κ3) is 4.73. The number of nitrogens with zero attached hydrogens (tertiary/aromatic N) is 1. The summed E-state index contributed by atoms with van der Waals surface area (Å²) in [7, 11) is 0. The molecule has 0 aromatic heterocycles. The summed E-state index contributed by atoms with van der Waals surface area (Å²) in [5.41, 5.74) is 8.07. The molecular formula is C18H19Cl2N3O. The maximum Gasteiger partial charge on any atom is 0.258 e. The Hall–Kier alpha value is -2.04. The number of guanidine groups is 1. The zero-order valence-electron chi connectivity index (χ0n) is 13.7. The van der Waals surface area contributed by atoms with Gasteiger partial charge in [-0.2, -0.15) is 0 Å². The van der Waals surface area contributed by atoms with E-state index in [9.17, 15) is 4.79 Å². The summed E-state index contributed by atoms with van der Waals surface area (Å²) in [5.74, 6) is -0.393. The Bertz CT molecular complexity index is 778. The largest absolute Gasteiger partial charge is 0.369 e. The highest BCUT2D eigenvalue weighted by atomic mass is 35.5. The van der Waals surface area contributed by atoms with Crippen molar-refractivity contribution in [2.75, 3.05) is 0 Å². The van der Waals surface area contributed by atoms with Gasteiger partial charge in [0.25, 0.3) is 5.91 Å². The number of carbonyl (C=O) groups is 1. The van der Waals surface area contributed by atoms with Crippen molar-refractivity contribution >= 4 is 40.8 Å². The molecule has 2 aromatic carbocycles. The number of amides is 1. The first kappa shape index (κ1) is 18.3. The fraction of sp³-hybridized carbons (Fsp3) is 0.222. The second-order valence-electron chi connectivity index (χ2n) is 6.38. The summed E-state index contributed by atoms with van der Waals surface area (Å²) >= 11 is 11.7. The van der Waals surface area contributed by atoms with Crippen LogP contribution in [0.1, 0.15) is 36.7 Å². The van der Waals surface area contributed by atoms with Crippen LogP contribution in [-0.2, 0) is 5.41 Å². The number of nitrogens with two attached hydrogens (primary N) is 1. The molecule has 0 spiro atoms. The fourth-order valence-corrected chi connectivity index (χ4v) is 2.33. The molecule has 126 valence electrons. The molecule has 6 heteroatoms. The number of aliphatic imine (C=N–C) groups is 1. The monoisotopic (exact) mass is 363 g/mol. The summed E-state index contributed by atoms with van der Waals surface area (Å²) in [4.78, 5) is 16.3. The van der Waals surface area contributed by atoms with Crippen molar-refractivity contribution in [1.29, 1.82) is 0 Å².